The van der Waals surface area contributed by atoms with E-state index in [0.29, 0.717) is 19.6 Å². The lowest BCUT2D eigenvalue weighted by atomic mass is 9.89. The normalized spacial score (nSPS) is 23.3. The highest BCUT2D eigenvalue weighted by Gasteiger charge is 2.47. The molecule has 2 aromatic carbocycles. The number of carbonyl (C=O) groups excluding carboxylic acids is 2. The topological polar surface area (TPSA) is 80.3 Å². The van der Waals surface area contributed by atoms with Crippen molar-refractivity contribution in [3.63, 3.8) is 0 Å². The number of benzene rings is 2. The molecule has 0 spiro atoms. The number of esters is 2. The van der Waals surface area contributed by atoms with Gasteiger partial charge in [0.15, 0.2) is 12.4 Å². The molecule has 0 N–H and O–H groups in total. The van der Waals surface area contributed by atoms with Gasteiger partial charge < -0.3 is 23.7 Å². The van der Waals surface area contributed by atoms with E-state index in [0.717, 1.165) is 30.6 Å². The van der Waals surface area contributed by atoms with E-state index in [1.807, 2.05) is 44.2 Å². The Labute approximate surface area is 218 Å². The van der Waals surface area contributed by atoms with Crippen LogP contribution in [-0.4, -0.2) is 43.1 Å². The first kappa shape index (κ1) is 28.6. The Morgan fingerprint density at radius 2 is 1.65 bits per heavy atom. The molecular formula is C29H37FO7. The number of ether oxygens (including phenoxy) is 5. The fraction of sp³-hybridized carbons (Fsp3) is 0.517. The van der Waals surface area contributed by atoms with E-state index < -0.39 is 30.4 Å². The fourth-order valence-corrected chi connectivity index (χ4v) is 4.50. The molecular weight excluding hydrogens is 479 g/mol. The Morgan fingerprint density at radius 1 is 0.946 bits per heavy atom. The van der Waals surface area contributed by atoms with Crippen molar-refractivity contribution in [2.45, 2.75) is 84.6 Å². The number of halogens is 1. The molecule has 0 aromatic heterocycles. The molecule has 0 saturated carbocycles. The molecule has 1 heterocycles. The van der Waals surface area contributed by atoms with Crippen molar-refractivity contribution in [2.24, 2.45) is 5.92 Å². The van der Waals surface area contributed by atoms with Gasteiger partial charge in [-0.1, -0.05) is 38.1 Å². The number of unbranched alkanes of at least 4 members (excludes halogenated alkanes) is 1. The van der Waals surface area contributed by atoms with E-state index in [4.69, 9.17) is 23.7 Å². The standard InChI is InChI=1S/C29H37FO7/c1-5-26-19(2)27(35-20(3)31)28(36-21(4)32)29(37-26)33-16-7-6-9-22-12-14-25(15-13-22)34-18-23-10-8-11-24(30)17-23/h8,10-15,17,19,26-29H,5-7,9,16,18H2,1-4H3/t19-,26-,27+,28-,29-/m1/s1. The fourth-order valence-electron chi connectivity index (χ4n) is 4.50. The first-order valence-electron chi connectivity index (χ1n) is 12.8. The van der Waals surface area contributed by atoms with Gasteiger partial charge in [-0.2, -0.15) is 0 Å². The van der Waals surface area contributed by atoms with Crippen LogP contribution in [0.5, 0.6) is 5.75 Å². The molecule has 37 heavy (non-hydrogen) atoms. The second-order valence-corrected chi connectivity index (χ2v) is 9.35. The van der Waals surface area contributed by atoms with Crippen LogP contribution in [0.2, 0.25) is 0 Å². The molecule has 1 aliphatic rings. The second kappa shape index (κ2) is 14.1. The molecule has 1 fully saturated rings. The number of hydrogen-bond acceptors (Lipinski definition) is 7. The lowest BCUT2D eigenvalue weighted by Crippen LogP contribution is -2.57. The minimum Gasteiger partial charge on any atom is -0.489 e. The summed E-state index contributed by atoms with van der Waals surface area (Å²) >= 11 is 0. The number of rotatable bonds is 12. The average Bonchev–Trinajstić information content (AvgIpc) is 2.86. The van der Waals surface area contributed by atoms with E-state index in [9.17, 15) is 14.0 Å². The Kier molecular flexibility index (Phi) is 10.9. The third kappa shape index (κ3) is 8.83. The summed E-state index contributed by atoms with van der Waals surface area (Å²) in [6.07, 6.45) is 0.799. The van der Waals surface area contributed by atoms with Crippen molar-refractivity contribution < 1.29 is 37.7 Å². The number of carbonyl (C=O) groups is 2. The predicted molar refractivity (Wildman–Crippen MR) is 135 cm³/mol. The molecule has 7 nitrogen and oxygen atoms in total. The van der Waals surface area contributed by atoms with Crippen molar-refractivity contribution in [3.8, 4) is 5.75 Å². The van der Waals surface area contributed by atoms with Gasteiger partial charge in [0.05, 0.1) is 6.10 Å². The molecule has 0 bridgehead atoms. The monoisotopic (exact) mass is 516 g/mol. The van der Waals surface area contributed by atoms with E-state index >= 15 is 0 Å². The summed E-state index contributed by atoms with van der Waals surface area (Å²) < 4.78 is 42.1. The maximum Gasteiger partial charge on any atom is 0.303 e. The van der Waals surface area contributed by atoms with Gasteiger partial charge in [-0.15, -0.1) is 0 Å². The summed E-state index contributed by atoms with van der Waals surface area (Å²) in [5.41, 5.74) is 1.94. The van der Waals surface area contributed by atoms with Crippen LogP contribution in [0, 0.1) is 11.7 Å². The Bertz CT molecular complexity index is 1010. The molecule has 0 radical (unpaired) electrons. The molecule has 8 heteroatoms. The van der Waals surface area contributed by atoms with Gasteiger partial charge in [-0.25, -0.2) is 4.39 Å². The molecule has 3 rings (SSSR count). The second-order valence-electron chi connectivity index (χ2n) is 9.35. The van der Waals surface area contributed by atoms with Crippen molar-refractivity contribution in [2.75, 3.05) is 6.61 Å². The molecule has 0 aliphatic carbocycles. The molecule has 0 unspecified atom stereocenters. The Morgan fingerprint density at radius 3 is 2.30 bits per heavy atom. The van der Waals surface area contributed by atoms with Crippen molar-refractivity contribution in [3.05, 3.63) is 65.5 Å². The van der Waals surface area contributed by atoms with Crippen molar-refractivity contribution in [1.82, 2.24) is 0 Å². The van der Waals surface area contributed by atoms with Crippen LogP contribution in [0.1, 0.15) is 58.1 Å². The first-order valence-corrected chi connectivity index (χ1v) is 12.8. The highest BCUT2D eigenvalue weighted by atomic mass is 19.1. The summed E-state index contributed by atoms with van der Waals surface area (Å²) in [7, 11) is 0. The van der Waals surface area contributed by atoms with E-state index in [-0.39, 0.29) is 17.8 Å². The predicted octanol–water partition coefficient (Wildman–Crippen LogP) is 5.38. The maximum absolute atomic E-state index is 13.3. The highest BCUT2D eigenvalue weighted by molar-refractivity contribution is 5.67. The molecule has 2 aromatic rings. The van der Waals surface area contributed by atoms with Crippen LogP contribution < -0.4 is 4.74 Å². The van der Waals surface area contributed by atoms with Crippen LogP contribution in [0.4, 0.5) is 4.39 Å². The minimum atomic E-state index is -0.820. The summed E-state index contributed by atoms with van der Waals surface area (Å²) in [5, 5.41) is 0. The third-order valence-electron chi connectivity index (χ3n) is 6.37. The maximum atomic E-state index is 13.3. The summed E-state index contributed by atoms with van der Waals surface area (Å²) in [5.74, 6) is -0.607. The van der Waals surface area contributed by atoms with Crippen LogP contribution in [0.15, 0.2) is 48.5 Å². The lowest BCUT2D eigenvalue weighted by Gasteiger charge is -2.43. The highest BCUT2D eigenvalue weighted by Crippen LogP contribution is 2.32. The van der Waals surface area contributed by atoms with Crippen LogP contribution >= 0.6 is 0 Å². The van der Waals surface area contributed by atoms with Gasteiger partial charge in [0.25, 0.3) is 0 Å². The van der Waals surface area contributed by atoms with Gasteiger partial charge in [-0.05, 0) is 61.1 Å². The Balaban J connectivity index is 1.46. The SMILES string of the molecule is CC[C@H]1O[C@@H](OCCCCc2ccc(OCc3cccc(F)c3)cc2)[C@H](OC(C)=O)[C@@H](OC(C)=O)[C@@H]1C. The number of hydrogen-bond donors (Lipinski definition) is 0. The van der Waals surface area contributed by atoms with Crippen molar-refractivity contribution in [1.29, 1.82) is 0 Å². The lowest BCUT2D eigenvalue weighted by molar-refractivity contribution is -0.290. The van der Waals surface area contributed by atoms with Gasteiger partial charge in [0, 0.05) is 26.4 Å². The summed E-state index contributed by atoms with van der Waals surface area (Å²) in [6.45, 7) is 7.29. The molecule has 0 amide bonds. The summed E-state index contributed by atoms with van der Waals surface area (Å²) in [4.78, 5) is 23.4. The van der Waals surface area contributed by atoms with E-state index in [2.05, 4.69) is 0 Å². The molecule has 202 valence electrons. The van der Waals surface area contributed by atoms with Gasteiger partial charge in [-0.3, -0.25) is 9.59 Å². The largest absolute Gasteiger partial charge is 0.489 e. The zero-order chi connectivity index (χ0) is 26.8. The van der Waals surface area contributed by atoms with Crippen LogP contribution in [0.25, 0.3) is 0 Å². The minimum absolute atomic E-state index is 0.140. The van der Waals surface area contributed by atoms with Crippen LogP contribution in [-0.2, 0) is 41.6 Å². The molecule has 1 saturated heterocycles. The quantitative estimate of drug-likeness (QED) is 0.277. The average molecular weight is 517 g/mol. The zero-order valence-corrected chi connectivity index (χ0v) is 22.0. The van der Waals surface area contributed by atoms with Gasteiger partial charge in [0.2, 0.25) is 0 Å². The third-order valence-corrected chi connectivity index (χ3v) is 6.37. The van der Waals surface area contributed by atoms with Crippen molar-refractivity contribution >= 4 is 11.9 Å². The number of aryl methyl sites for hydroxylation is 1. The first-order chi connectivity index (χ1) is 17.8. The molecule has 1 aliphatic heterocycles. The molecule has 5 atom stereocenters. The smallest absolute Gasteiger partial charge is 0.303 e. The zero-order valence-electron chi connectivity index (χ0n) is 22.0. The van der Waals surface area contributed by atoms with Crippen LogP contribution in [0.3, 0.4) is 0 Å². The van der Waals surface area contributed by atoms with Gasteiger partial charge in [0.1, 0.15) is 24.3 Å². The van der Waals surface area contributed by atoms with Gasteiger partial charge >= 0.3 is 11.9 Å². The summed E-state index contributed by atoms with van der Waals surface area (Å²) in [6, 6.07) is 14.2. The van der Waals surface area contributed by atoms with E-state index in [1.165, 1.54) is 31.5 Å². The Hall–Kier alpha value is -2.97. The van der Waals surface area contributed by atoms with E-state index in [1.54, 1.807) is 6.07 Å².